The van der Waals surface area contributed by atoms with Crippen molar-refractivity contribution in [2.45, 2.75) is 18.9 Å². The highest BCUT2D eigenvalue weighted by molar-refractivity contribution is 5.87. The van der Waals surface area contributed by atoms with Crippen molar-refractivity contribution < 1.29 is 14.6 Å². The van der Waals surface area contributed by atoms with Crippen LogP contribution in [0.3, 0.4) is 0 Å². The number of hydrogen-bond donors (Lipinski definition) is 1. The van der Waals surface area contributed by atoms with Gasteiger partial charge in [-0.2, -0.15) is 0 Å². The van der Waals surface area contributed by atoms with Gasteiger partial charge in [0.15, 0.2) is 0 Å². The van der Waals surface area contributed by atoms with Gasteiger partial charge in [0.1, 0.15) is 12.5 Å². The second kappa shape index (κ2) is 6.72. The average Bonchev–Trinajstić information content (AvgIpc) is 2.46. The van der Waals surface area contributed by atoms with E-state index in [2.05, 4.69) is 23.9 Å². The molecular formula is C15H22N2O3. The molecule has 1 aliphatic heterocycles. The van der Waals surface area contributed by atoms with Crippen molar-refractivity contribution in [3.63, 3.8) is 0 Å². The third kappa shape index (κ3) is 3.95. The first-order chi connectivity index (χ1) is 9.56. The lowest BCUT2D eigenvalue weighted by molar-refractivity contribution is 0.0688. The Morgan fingerprint density at radius 2 is 2.15 bits per heavy atom. The van der Waals surface area contributed by atoms with E-state index in [1.165, 1.54) is 0 Å². The van der Waals surface area contributed by atoms with E-state index in [4.69, 9.17) is 9.84 Å². The number of carboxylic acids is 1. The molecule has 20 heavy (non-hydrogen) atoms. The van der Waals surface area contributed by atoms with Crippen LogP contribution in [-0.4, -0.2) is 60.8 Å². The normalized spacial score (nSPS) is 17.4. The zero-order valence-corrected chi connectivity index (χ0v) is 12.1. The van der Waals surface area contributed by atoms with Crippen LogP contribution in [0.15, 0.2) is 24.3 Å². The summed E-state index contributed by atoms with van der Waals surface area (Å²) in [6.07, 6.45) is 2.29. The van der Waals surface area contributed by atoms with Gasteiger partial charge in [-0.25, -0.2) is 4.79 Å². The summed E-state index contributed by atoms with van der Waals surface area (Å²) in [6.45, 7) is 2.71. The fourth-order valence-electron chi connectivity index (χ4n) is 2.44. The molecule has 1 fully saturated rings. The van der Waals surface area contributed by atoms with Gasteiger partial charge in [-0.1, -0.05) is 6.07 Å². The van der Waals surface area contributed by atoms with E-state index in [0.717, 1.165) is 25.9 Å². The van der Waals surface area contributed by atoms with Crippen LogP contribution in [0.25, 0.3) is 0 Å². The molecule has 1 heterocycles. The molecule has 0 saturated carbocycles. The second-order valence-electron chi connectivity index (χ2n) is 5.40. The van der Waals surface area contributed by atoms with Gasteiger partial charge >= 0.3 is 5.97 Å². The topological polar surface area (TPSA) is 53.0 Å². The minimum absolute atomic E-state index is 0.254. The zero-order chi connectivity index (χ0) is 14.5. The number of nitrogens with zero attached hydrogens (tertiary/aromatic N) is 2. The minimum atomic E-state index is -0.931. The molecule has 0 bridgehead atoms. The molecule has 0 radical (unpaired) electrons. The van der Waals surface area contributed by atoms with Crippen molar-refractivity contribution in [2.24, 2.45) is 0 Å². The number of hydrogen-bond acceptors (Lipinski definition) is 4. The van der Waals surface area contributed by atoms with Crippen molar-refractivity contribution in [3.8, 4) is 5.75 Å². The maximum absolute atomic E-state index is 10.9. The second-order valence-corrected chi connectivity index (χ2v) is 5.40. The third-order valence-corrected chi connectivity index (χ3v) is 3.83. The molecule has 0 aromatic heterocycles. The monoisotopic (exact) mass is 278 g/mol. The van der Waals surface area contributed by atoms with E-state index in [-0.39, 0.29) is 5.56 Å². The SMILES string of the molecule is CN1CCC(N(C)COc2cccc(C(=O)O)c2)CC1. The third-order valence-electron chi connectivity index (χ3n) is 3.83. The van der Waals surface area contributed by atoms with Crippen molar-refractivity contribution in [1.29, 1.82) is 0 Å². The molecule has 1 aromatic rings. The van der Waals surface area contributed by atoms with Crippen molar-refractivity contribution in [3.05, 3.63) is 29.8 Å². The molecule has 0 amide bonds. The van der Waals surface area contributed by atoms with Gasteiger partial charge in [-0.05, 0) is 58.2 Å². The van der Waals surface area contributed by atoms with Crippen LogP contribution in [0.2, 0.25) is 0 Å². The Balaban J connectivity index is 1.85. The van der Waals surface area contributed by atoms with Crippen LogP contribution in [0.5, 0.6) is 5.75 Å². The summed E-state index contributed by atoms with van der Waals surface area (Å²) in [5.74, 6) is -0.330. The van der Waals surface area contributed by atoms with E-state index >= 15 is 0 Å². The van der Waals surface area contributed by atoms with Crippen molar-refractivity contribution in [1.82, 2.24) is 9.80 Å². The first kappa shape index (κ1) is 14.8. The summed E-state index contributed by atoms with van der Waals surface area (Å²) in [6, 6.07) is 7.15. The van der Waals surface area contributed by atoms with Gasteiger partial charge in [0.2, 0.25) is 0 Å². The minimum Gasteiger partial charge on any atom is -0.478 e. The lowest BCUT2D eigenvalue weighted by Crippen LogP contribution is -2.43. The van der Waals surface area contributed by atoms with Crippen LogP contribution >= 0.6 is 0 Å². The van der Waals surface area contributed by atoms with Gasteiger partial charge in [-0.3, -0.25) is 4.90 Å². The first-order valence-corrected chi connectivity index (χ1v) is 6.91. The Morgan fingerprint density at radius 3 is 2.80 bits per heavy atom. The molecule has 0 atom stereocenters. The molecule has 2 rings (SSSR count). The number of rotatable bonds is 5. The number of likely N-dealkylation sites (tertiary alicyclic amines) is 1. The predicted octanol–water partition coefficient (Wildman–Crippen LogP) is 1.75. The van der Waals surface area contributed by atoms with E-state index < -0.39 is 5.97 Å². The Bertz CT molecular complexity index is 456. The highest BCUT2D eigenvalue weighted by Gasteiger charge is 2.20. The smallest absolute Gasteiger partial charge is 0.335 e. The Labute approximate surface area is 119 Å². The summed E-state index contributed by atoms with van der Waals surface area (Å²) in [4.78, 5) is 15.4. The van der Waals surface area contributed by atoms with Gasteiger partial charge in [0.25, 0.3) is 0 Å². The molecule has 0 aliphatic carbocycles. The van der Waals surface area contributed by atoms with E-state index in [1.807, 2.05) is 0 Å². The summed E-state index contributed by atoms with van der Waals surface area (Å²) < 4.78 is 5.69. The van der Waals surface area contributed by atoms with Gasteiger partial charge in [0.05, 0.1) is 5.56 Å². The lowest BCUT2D eigenvalue weighted by atomic mass is 10.1. The Hall–Kier alpha value is -1.59. The molecule has 0 spiro atoms. The first-order valence-electron chi connectivity index (χ1n) is 6.91. The number of aromatic carboxylic acids is 1. The molecule has 110 valence electrons. The lowest BCUT2D eigenvalue weighted by Gasteiger charge is -2.34. The van der Waals surface area contributed by atoms with Crippen LogP contribution in [0.1, 0.15) is 23.2 Å². The molecule has 0 unspecified atom stereocenters. The van der Waals surface area contributed by atoms with Crippen molar-refractivity contribution in [2.75, 3.05) is 33.9 Å². The molecular weight excluding hydrogens is 256 g/mol. The number of ether oxygens (including phenoxy) is 1. The zero-order valence-electron chi connectivity index (χ0n) is 12.1. The standard InChI is InChI=1S/C15H22N2O3/c1-16-8-6-13(7-9-16)17(2)11-20-14-5-3-4-12(10-14)15(18)19/h3-5,10,13H,6-9,11H2,1-2H3,(H,18,19). The molecule has 1 aromatic carbocycles. The fraction of sp³-hybridized carbons (Fsp3) is 0.533. The van der Waals surface area contributed by atoms with Crippen LogP contribution < -0.4 is 4.74 Å². The maximum Gasteiger partial charge on any atom is 0.335 e. The number of benzene rings is 1. The highest BCUT2D eigenvalue weighted by Crippen LogP contribution is 2.17. The van der Waals surface area contributed by atoms with Crippen LogP contribution in [0, 0.1) is 0 Å². The largest absolute Gasteiger partial charge is 0.478 e. The predicted molar refractivity (Wildman–Crippen MR) is 77.2 cm³/mol. The summed E-state index contributed by atoms with van der Waals surface area (Å²) >= 11 is 0. The van der Waals surface area contributed by atoms with Gasteiger partial charge < -0.3 is 14.7 Å². The number of piperidine rings is 1. The Kier molecular flexibility index (Phi) is 4.98. The average molecular weight is 278 g/mol. The van der Waals surface area contributed by atoms with Crippen LogP contribution in [0.4, 0.5) is 0 Å². The van der Waals surface area contributed by atoms with Crippen LogP contribution in [-0.2, 0) is 0 Å². The van der Waals surface area contributed by atoms with Gasteiger partial charge in [0, 0.05) is 6.04 Å². The van der Waals surface area contributed by atoms with E-state index in [0.29, 0.717) is 18.5 Å². The molecule has 1 aliphatic rings. The highest BCUT2D eigenvalue weighted by atomic mass is 16.5. The number of carbonyl (C=O) groups is 1. The summed E-state index contributed by atoms with van der Waals surface area (Å²) in [5.41, 5.74) is 0.254. The van der Waals surface area contributed by atoms with Crippen molar-refractivity contribution >= 4 is 5.97 Å². The van der Waals surface area contributed by atoms with E-state index in [9.17, 15) is 4.79 Å². The number of carboxylic acid groups (broad SMARTS) is 1. The van der Waals surface area contributed by atoms with Gasteiger partial charge in [-0.15, -0.1) is 0 Å². The molecule has 1 N–H and O–H groups in total. The maximum atomic E-state index is 10.9. The molecule has 5 nitrogen and oxygen atoms in total. The molecule has 1 saturated heterocycles. The van der Waals surface area contributed by atoms with E-state index in [1.54, 1.807) is 24.3 Å². The quantitative estimate of drug-likeness (QED) is 0.832. The summed E-state index contributed by atoms with van der Waals surface area (Å²) in [7, 11) is 4.20. The fourth-order valence-corrected chi connectivity index (χ4v) is 2.44. The Morgan fingerprint density at radius 1 is 1.45 bits per heavy atom. The summed E-state index contributed by atoms with van der Waals surface area (Å²) in [5, 5.41) is 8.94. The molecule has 5 heteroatoms.